The van der Waals surface area contributed by atoms with Gasteiger partial charge in [0.1, 0.15) is 12.1 Å². The summed E-state index contributed by atoms with van der Waals surface area (Å²) in [5, 5.41) is 0.619. The molecule has 2 aromatic heterocycles. The first-order valence-electron chi connectivity index (χ1n) is 9.86. The van der Waals surface area contributed by atoms with Crippen molar-refractivity contribution in [1.29, 1.82) is 0 Å². The number of carbonyl (C=O) groups excluding carboxylic acids is 2. The van der Waals surface area contributed by atoms with Gasteiger partial charge in [0.2, 0.25) is 5.91 Å². The molecule has 1 aliphatic rings. The predicted molar refractivity (Wildman–Crippen MR) is 118 cm³/mol. The zero-order valence-electron chi connectivity index (χ0n) is 17.2. The van der Waals surface area contributed by atoms with Gasteiger partial charge in [0.25, 0.3) is 0 Å². The van der Waals surface area contributed by atoms with Crippen LogP contribution < -0.4 is 11.5 Å². The fourth-order valence-corrected chi connectivity index (χ4v) is 4.47. The molecule has 1 atom stereocenters. The largest absolute Gasteiger partial charge is 0.382 e. The standard InChI is InChI=1S/C21H26N6O2S/c1-4-14-9-12(2)5-6-15(28)13(3)10-16(14)30-21-26-18-19(23)24-11-25-20(18)27(21)8-7-17(22)29/h9-11,13H,2,4-8H2,1,3H3,(H2,22,29)(H2,23,24,25)/b14-9-,16-10+. The molecule has 0 radical (unpaired) electrons. The maximum absolute atomic E-state index is 12.5. The first-order chi connectivity index (χ1) is 14.3. The van der Waals surface area contributed by atoms with E-state index in [0.717, 1.165) is 22.5 Å². The summed E-state index contributed by atoms with van der Waals surface area (Å²) < 4.78 is 1.82. The van der Waals surface area contributed by atoms with E-state index in [9.17, 15) is 9.59 Å². The van der Waals surface area contributed by atoms with E-state index < -0.39 is 5.91 Å². The number of nitrogen functional groups attached to an aromatic ring is 1. The summed E-state index contributed by atoms with van der Waals surface area (Å²) in [5.41, 5.74) is 14.4. The number of thioether (sulfide) groups is 1. The molecule has 1 amide bonds. The molecule has 9 heteroatoms. The lowest BCUT2D eigenvalue weighted by molar-refractivity contribution is -0.121. The number of ketones is 1. The molecule has 2 heterocycles. The van der Waals surface area contributed by atoms with Gasteiger partial charge in [0.15, 0.2) is 22.1 Å². The highest BCUT2D eigenvalue weighted by atomic mass is 32.2. The van der Waals surface area contributed by atoms with Gasteiger partial charge >= 0.3 is 0 Å². The first-order valence-corrected chi connectivity index (χ1v) is 10.7. The van der Waals surface area contributed by atoms with Crippen molar-refractivity contribution >= 4 is 40.4 Å². The number of anilines is 1. The van der Waals surface area contributed by atoms with Crippen molar-refractivity contribution in [2.75, 3.05) is 5.73 Å². The number of aryl methyl sites for hydroxylation is 1. The SMILES string of the molecule is C=C1/C=C(CC)\C(Sc2nc3c(N)ncnc3n2CCC(N)=O)=C/C(C)C(=O)CC1. The van der Waals surface area contributed by atoms with Crippen molar-refractivity contribution < 1.29 is 9.59 Å². The minimum absolute atomic E-state index is 0.143. The summed E-state index contributed by atoms with van der Waals surface area (Å²) in [5.74, 6) is -0.188. The van der Waals surface area contributed by atoms with Crippen LogP contribution in [0.2, 0.25) is 0 Å². The number of aromatic nitrogens is 4. The highest BCUT2D eigenvalue weighted by Gasteiger charge is 2.21. The molecule has 158 valence electrons. The van der Waals surface area contributed by atoms with Gasteiger partial charge in [0.05, 0.1) is 0 Å². The van der Waals surface area contributed by atoms with Gasteiger partial charge in [-0.15, -0.1) is 0 Å². The number of fused-ring (bicyclic) bond motifs is 1. The fourth-order valence-electron chi connectivity index (χ4n) is 3.24. The second-order valence-corrected chi connectivity index (χ2v) is 8.27. The lowest BCUT2D eigenvalue weighted by atomic mass is 10.0. The fraction of sp³-hybridized carbons (Fsp3) is 0.381. The van der Waals surface area contributed by atoms with E-state index in [0.29, 0.717) is 35.7 Å². The number of primary amides is 1. The van der Waals surface area contributed by atoms with Crippen LogP contribution in [0.15, 0.2) is 46.3 Å². The lowest BCUT2D eigenvalue weighted by Crippen LogP contribution is -2.14. The maximum Gasteiger partial charge on any atom is 0.219 e. The van der Waals surface area contributed by atoms with Crippen LogP contribution in [-0.2, 0) is 16.1 Å². The molecule has 0 fully saturated rings. The Balaban J connectivity index is 2.10. The number of hydrogen-bond acceptors (Lipinski definition) is 7. The first kappa shape index (κ1) is 21.8. The zero-order chi connectivity index (χ0) is 21.8. The van der Waals surface area contributed by atoms with Gasteiger partial charge in [0, 0.05) is 30.2 Å². The van der Waals surface area contributed by atoms with Crippen molar-refractivity contribution in [3.8, 4) is 0 Å². The Kier molecular flexibility index (Phi) is 6.71. The Morgan fingerprint density at radius 3 is 2.83 bits per heavy atom. The lowest BCUT2D eigenvalue weighted by Gasteiger charge is -2.13. The van der Waals surface area contributed by atoms with E-state index >= 15 is 0 Å². The maximum atomic E-state index is 12.5. The van der Waals surface area contributed by atoms with Gasteiger partial charge < -0.3 is 16.0 Å². The summed E-state index contributed by atoms with van der Waals surface area (Å²) in [6, 6.07) is 0. The number of nitrogens with two attached hydrogens (primary N) is 2. The van der Waals surface area contributed by atoms with E-state index in [1.807, 2.05) is 17.6 Å². The molecule has 3 rings (SSSR count). The summed E-state index contributed by atoms with van der Waals surface area (Å²) in [6.07, 6.45) is 7.46. The van der Waals surface area contributed by atoms with Crippen LogP contribution in [0, 0.1) is 5.92 Å². The third-order valence-corrected chi connectivity index (χ3v) is 6.10. The van der Waals surface area contributed by atoms with E-state index in [2.05, 4.69) is 34.5 Å². The Hall–Kier alpha value is -2.94. The number of rotatable bonds is 6. The molecule has 0 aromatic carbocycles. The van der Waals surface area contributed by atoms with E-state index in [1.54, 1.807) is 0 Å². The Bertz CT molecular complexity index is 1070. The third-order valence-electron chi connectivity index (χ3n) is 4.99. The summed E-state index contributed by atoms with van der Waals surface area (Å²) in [6.45, 7) is 8.39. The van der Waals surface area contributed by atoms with Crippen LogP contribution in [0.4, 0.5) is 5.82 Å². The van der Waals surface area contributed by atoms with E-state index in [4.69, 9.17) is 11.5 Å². The van der Waals surface area contributed by atoms with Crippen LogP contribution in [-0.4, -0.2) is 31.2 Å². The highest BCUT2D eigenvalue weighted by Crippen LogP contribution is 2.37. The predicted octanol–water partition coefficient (Wildman–Crippen LogP) is 3.15. The molecule has 1 aliphatic carbocycles. The average molecular weight is 427 g/mol. The van der Waals surface area contributed by atoms with Gasteiger partial charge in [-0.25, -0.2) is 15.0 Å². The molecule has 4 N–H and O–H groups in total. The van der Waals surface area contributed by atoms with Crippen molar-refractivity contribution in [2.24, 2.45) is 11.7 Å². The third kappa shape index (κ3) is 4.79. The minimum Gasteiger partial charge on any atom is -0.382 e. The molecule has 0 spiro atoms. The van der Waals surface area contributed by atoms with Crippen molar-refractivity contribution in [2.45, 2.75) is 51.2 Å². The van der Waals surface area contributed by atoms with E-state index in [-0.39, 0.29) is 23.9 Å². The smallest absolute Gasteiger partial charge is 0.219 e. The van der Waals surface area contributed by atoms with Crippen LogP contribution >= 0.6 is 11.8 Å². The van der Waals surface area contributed by atoms with Gasteiger partial charge in [-0.2, -0.15) is 0 Å². The number of amides is 1. The normalized spacial score (nSPS) is 21.3. The molecule has 30 heavy (non-hydrogen) atoms. The van der Waals surface area contributed by atoms with Gasteiger partial charge in [-0.1, -0.05) is 49.9 Å². The van der Waals surface area contributed by atoms with Crippen molar-refractivity contribution in [3.05, 3.63) is 41.1 Å². The Labute approximate surface area is 179 Å². The Morgan fingerprint density at radius 2 is 2.13 bits per heavy atom. The second-order valence-electron chi connectivity index (χ2n) is 7.26. The molecule has 0 saturated carbocycles. The molecule has 0 aliphatic heterocycles. The minimum atomic E-state index is -0.416. The quantitative estimate of drug-likeness (QED) is 0.725. The molecule has 1 unspecified atom stereocenters. The molecule has 2 aromatic rings. The van der Waals surface area contributed by atoms with Gasteiger partial charge in [-0.05, 0) is 18.4 Å². The average Bonchev–Trinajstić information content (AvgIpc) is 3.07. The number of Topliss-reactive ketones (excluding diaryl/α,β-unsaturated/α-hetero) is 1. The van der Waals surface area contributed by atoms with E-state index in [1.165, 1.54) is 18.1 Å². The second kappa shape index (κ2) is 9.25. The molecular formula is C21H26N6O2S. The summed E-state index contributed by atoms with van der Waals surface area (Å²) >= 11 is 1.43. The summed E-state index contributed by atoms with van der Waals surface area (Å²) in [4.78, 5) is 37.7. The Morgan fingerprint density at radius 1 is 1.37 bits per heavy atom. The molecule has 0 bridgehead atoms. The summed E-state index contributed by atoms with van der Waals surface area (Å²) in [7, 11) is 0. The van der Waals surface area contributed by atoms with Crippen LogP contribution in [0.5, 0.6) is 0 Å². The van der Waals surface area contributed by atoms with Crippen molar-refractivity contribution in [3.63, 3.8) is 0 Å². The zero-order valence-corrected chi connectivity index (χ0v) is 18.0. The van der Waals surface area contributed by atoms with Gasteiger partial charge in [-0.3, -0.25) is 9.59 Å². The molecular weight excluding hydrogens is 400 g/mol. The number of nitrogens with zero attached hydrogens (tertiary/aromatic N) is 4. The van der Waals surface area contributed by atoms with Crippen LogP contribution in [0.3, 0.4) is 0 Å². The van der Waals surface area contributed by atoms with Crippen LogP contribution in [0.25, 0.3) is 11.2 Å². The number of hydrogen-bond donors (Lipinski definition) is 2. The number of allylic oxidation sites excluding steroid dienone is 4. The number of imidazole rings is 1. The number of carbonyl (C=O) groups is 2. The van der Waals surface area contributed by atoms with Crippen molar-refractivity contribution in [1.82, 2.24) is 19.5 Å². The molecule has 0 saturated heterocycles. The topological polar surface area (TPSA) is 130 Å². The van der Waals surface area contributed by atoms with Crippen LogP contribution in [0.1, 0.15) is 39.5 Å². The molecule has 8 nitrogen and oxygen atoms in total. The monoisotopic (exact) mass is 426 g/mol. The highest BCUT2D eigenvalue weighted by molar-refractivity contribution is 8.03.